The van der Waals surface area contributed by atoms with E-state index in [2.05, 4.69) is 15.6 Å². The molecule has 0 unspecified atom stereocenters. The van der Waals surface area contributed by atoms with Gasteiger partial charge in [-0.1, -0.05) is 36.4 Å². The molecular weight excluding hydrogens is 598 g/mol. The summed E-state index contributed by atoms with van der Waals surface area (Å²) >= 11 is 1.37. The highest BCUT2D eigenvalue weighted by molar-refractivity contribution is 7.10. The van der Waals surface area contributed by atoms with Crippen LogP contribution in [0.4, 0.5) is 8.78 Å². The van der Waals surface area contributed by atoms with E-state index in [0.29, 0.717) is 17.5 Å². The van der Waals surface area contributed by atoms with Crippen LogP contribution in [0, 0.1) is 5.41 Å². The fraction of sp³-hybridized carbons (Fsp3) is 0.242. The van der Waals surface area contributed by atoms with Gasteiger partial charge in [0.05, 0.1) is 12.6 Å². The van der Waals surface area contributed by atoms with Gasteiger partial charge in [-0.25, -0.2) is 0 Å². The van der Waals surface area contributed by atoms with Crippen molar-refractivity contribution < 1.29 is 23.2 Å². The second kappa shape index (κ2) is 11.8. The maximum Gasteiger partial charge on any atom is 0.299 e. The van der Waals surface area contributed by atoms with E-state index in [0.717, 1.165) is 10.4 Å². The minimum atomic E-state index is -3.16. The molecule has 9 nitrogen and oxygen atoms in total. The minimum absolute atomic E-state index is 0.0624. The summed E-state index contributed by atoms with van der Waals surface area (Å²) in [7, 11) is 0. The number of pyridine rings is 1. The van der Waals surface area contributed by atoms with Crippen molar-refractivity contribution >= 4 is 34.9 Å². The number of nitrogen functional groups attached to an aromatic ring is 1. The Morgan fingerprint density at radius 1 is 1.09 bits per heavy atom. The molecule has 0 radical (unpaired) electrons. The molecule has 2 aromatic carbocycles. The van der Waals surface area contributed by atoms with Gasteiger partial charge in [0.2, 0.25) is 11.8 Å². The van der Waals surface area contributed by atoms with Gasteiger partial charge in [-0.05, 0) is 54.3 Å². The van der Waals surface area contributed by atoms with E-state index < -0.39 is 23.8 Å². The summed E-state index contributed by atoms with van der Waals surface area (Å²) in [5.41, 5.74) is 7.56. The van der Waals surface area contributed by atoms with Gasteiger partial charge >= 0.3 is 0 Å². The molecule has 1 saturated heterocycles. The fourth-order valence-electron chi connectivity index (χ4n) is 6.00. The number of hydrogen-bond acceptors (Lipinski definition) is 6. The number of amides is 3. The highest BCUT2D eigenvalue weighted by Crippen LogP contribution is 2.51. The van der Waals surface area contributed by atoms with Gasteiger partial charge in [0.15, 0.2) is 0 Å². The molecule has 0 bridgehead atoms. The molecule has 0 saturated carbocycles. The Morgan fingerprint density at radius 2 is 1.87 bits per heavy atom. The number of halogens is 2. The molecule has 4 aromatic rings. The number of fused-ring (bicyclic) bond motifs is 3. The lowest BCUT2D eigenvalue weighted by atomic mass is 9.97. The zero-order valence-electron chi connectivity index (χ0n) is 24.2. The monoisotopic (exact) mass is 628 g/mol. The van der Waals surface area contributed by atoms with Crippen LogP contribution in [0.2, 0.25) is 0 Å². The Balaban J connectivity index is 1.17. The van der Waals surface area contributed by atoms with Crippen molar-refractivity contribution in [3.05, 3.63) is 111 Å². The average molecular weight is 629 g/mol. The van der Waals surface area contributed by atoms with Gasteiger partial charge < -0.3 is 21.3 Å². The Labute approximate surface area is 262 Å². The molecular formula is C33H30F2N6O3S. The summed E-state index contributed by atoms with van der Waals surface area (Å²) in [5.74, 6) is -4.75. The van der Waals surface area contributed by atoms with E-state index >= 15 is 0 Å². The van der Waals surface area contributed by atoms with Crippen LogP contribution < -0.4 is 16.4 Å². The van der Waals surface area contributed by atoms with Crippen LogP contribution in [-0.4, -0.2) is 52.6 Å². The third-order valence-electron chi connectivity index (χ3n) is 8.37. The second-order valence-corrected chi connectivity index (χ2v) is 12.2. The number of amidine groups is 1. The molecule has 45 heavy (non-hydrogen) atoms. The quantitative estimate of drug-likeness (QED) is 0.168. The highest BCUT2D eigenvalue weighted by atomic mass is 32.1. The van der Waals surface area contributed by atoms with Gasteiger partial charge in [0, 0.05) is 57.4 Å². The van der Waals surface area contributed by atoms with E-state index in [-0.39, 0.29) is 59.0 Å². The number of carbonyl (C=O) groups excluding carboxylic acids is 3. The van der Waals surface area contributed by atoms with Gasteiger partial charge in [0.25, 0.3) is 11.8 Å². The number of nitrogens with zero attached hydrogens (tertiary/aromatic N) is 2. The van der Waals surface area contributed by atoms with E-state index in [1.165, 1.54) is 40.5 Å². The molecule has 2 aromatic heterocycles. The second-order valence-electron chi connectivity index (χ2n) is 11.2. The third-order valence-corrected chi connectivity index (χ3v) is 9.49. The fourth-order valence-corrected chi connectivity index (χ4v) is 6.92. The molecule has 3 amide bonds. The normalized spacial score (nSPS) is 18.5. The zero-order valence-corrected chi connectivity index (χ0v) is 25.0. The van der Waals surface area contributed by atoms with Gasteiger partial charge in [0.1, 0.15) is 11.9 Å². The Kier molecular flexibility index (Phi) is 7.92. The predicted octanol–water partition coefficient (Wildman–Crippen LogP) is 4.54. The van der Waals surface area contributed by atoms with E-state index in [4.69, 9.17) is 11.1 Å². The number of rotatable bonds is 8. The molecule has 1 aliphatic carbocycles. The Morgan fingerprint density at radius 3 is 2.60 bits per heavy atom. The van der Waals surface area contributed by atoms with Gasteiger partial charge in [-0.3, -0.25) is 24.8 Å². The van der Waals surface area contributed by atoms with E-state index in [1.54, 1.807) is 48.1 Å². The molecule has 3 heterocycles. The third kappa shape index (κ3) is 5.68. The Hall–Kier alpha value is -4.97. The van der Waals surface area contributed by atoms with Crippen LogP contribution in [0.15, 0.2) is 78.4 Å². The molecule has 12 heteroatoms. The molecule has 6 rings (SSSR count). The molecule has 1 aliphatic heterocycles. The number of aromatic nitrogens is 1. The van der Waals surface area contributed by atoms with Crippen molar-refractivity contribution in [2.75, 3.05) is 13.1 Å². The van der Waals surface area contributed by atoms with E-state index in [1.807, 2.05) is 13.0 Å². The number of benzene rings is 2. The number of hydrogen-bond donors (Lipinski definition) is 4. The predicted molar refractivity (Wildman–Crippen MR) is 166 cm³/mol. The first-order valence-electron chi connectivity index (χ1n) is 14.4. The smallest absolute Gasteiger partial charge is 0.299 e. The summed E-state index contributed by atoms with van der Waals surface area (Å²) in [4.78, 5) is 46.6. The highest BCUT2D eigenvalue weighted by Gasteiger charge is 2.44. The van der Waals surface area contributed by atoms with Gasteiger partial charge in [-0.15, -0.1) is 11.3 Å². The molecule has 5 N–H and O–H groups in total. The lowest BCUT2D eigenvalue weighted by molar-refractivity contribution is -0.137. The SMILES string of the molecule is C[C@@H](NC(=O)[C@@H]1C[C@H](c2cccnc2)CN1C(=O)CNC(=O)c1ccc2c(c1)-c1ccccc1C2(F)F)c1cc(C(=N)N)cs1. The summed E-state index contributed by atoms with van der Waals surface area (Å²) < 4.78 is 29.9. The van der Waals surface area contributed by atoms with Crippen molar-refractivity contribution in [3.8, 4) is 11.1 Å². The van der Waals surface area contributed by atoms with Crippen LogP contribution in [0.3, 0.4) is 0 Å². The lowest BCUT2D eigenvalue weighted by Crippen LogP contribution is -2.49. The standard InChI is InChI=1S/C33H30F2N6O3S/c1-18(28-13-22(17-45-28)30(36)37)40-32(44)27-12-21(20-5-4-10-38-14-20)16-41(27)29(42)15-39-31(43)19-8-9-26-24(11-19)23-6-2-3-7-25(23)33(26,34)35/h2-11,13-14,17-18,21,27H,12,15-16H2,1H3,(H3,36,37)(H,39,43)(H,40,44)/t18-,21+,27+/m1/s1. The van der Waals surface area contributed by atoms with Gasteiger partial charge in [-0.2, -0.15) is 8.78 Å². The maximum absolute atomic E-state index is 15.0. The first-order chi connectivity index (χ1) is 21.5. The summed E-state index contributed by atoms with van der Waals surface area (Å²) in [6.07, 6.45) is 3.73. The minimum Gasteiger partial charge on any atom is -0.384 e. The molecule has 0 spiro atoms. The summed E-state index contributed by atoms with van der Waals surface area (Å²) in [6.45, 7) is 1.69. The summed E-state index contributed by atoms with van der Waals surface area (Å²) in [6, 6.07) is 14.4. The van der Waals surface area contributed by atoms with Crippen molar-refractivity contribution in [1.29, 1.82) is 5.41 Å². The van der Waals surface area contributed by atoms with Crippen LogP contribution in [0.1, 0.15) is 62.8 Å². The number of nitrogens with two attached hydrogens (primary N) is 1. The van der Waals surface area contributed by atoms with Crippen LogP contribution >= 0.6 is 11.3 Å². The van der Waals surface area contributed by atoms with E-state index in [9.17, 15) is 23.2 Å². The number of thiophene rings is 1. The number of alkyl halides is 2. The maximum atomic E-state index is 15.0. The zero-order chi connectivity index (χ0) is 31.9. The van der Waals surface area contributed by atoms with Crippen LogP contribution in [0.25, 0.3) is 11.1 Å². The largest absolute Gasteiger partial charge is 0.384 e. The number of nitrogens with one attached hydrogen (secondary N) is 3. The molecule has 230 valence electrons. The summed E-state index contributed by atoms with van der Waals surface area (Å²) in [5, 5.41) is 15.0. The topological polar surface area (TPSA) is 141 Å². The first-order valence-corrected chi connectivity index (χ1v) is 15.3. The average Bonchev–Trinajstić information content (AvgIpc) is 3.77. The first kappa shape index (κ1) is 30.1. The number of likely N-dealkylation sites (tertiary alicyclic amines) is 1. The van der Waals surface area contributed by atoms with Crippen molar-refractivity contribution in [3.63, 3.8) is 0 Å². The van der Waals surface area contributed by atoms with Crippen LogP contribution in [-0.2, 0) is 15.5 Å². The van der Waals surface area contributed by atoms with Crippen molar-refractivity contribution in [2.45, 2.75) is 37.3 Å². The molecule has 2 aliphatic rings. The number of carbonyl (C=O) groups is 3. The van der Waals surface area contributed by atoms with Crippen LogP contribution in [0.5, 0.6) is 0 Å². The van der Waals surface area contributed by atoms with Crippen molar-refractivity contribution in [1.82, 2.24) is 20.5 Å². The lowest BCUT2D eigenvalue weighted by Gasteiger charge is -2.25. The molecule has 3 atom stereocenters. The van der Waals surface area contributed by atoms with Crippen molar-refractivity contribution in [2.24, 2.45) is 5.73 Å². The molecule has 1 fully saturated rings. The Bertz CT molecular complexity index is 1810.